The number of nitrogens with one attached hydrogen (secondary N) is 3. The van der Waals surface area contributed by atoms with Crippen molar-refractivity contribution in [2.75, 3.05) is 18.4 Å². The fourth-order valence-electron chi connectivity index (χ4n) is 3.42. The van der Waals surface area contributed by atoms with Crippen molar-refractivity contribution in [1.82, 2.24) is 15.6 Å². The summed E-state index contributed by atoms with van der Waals surface area (Å²) in [6.45, 7) is 6.61. The molecule has 4 rings (SSSR count). The zero-order chi connectivity index (χ0) is 20.4. The number of carbonyl (C=O) groups excluding carboxylic acids is 1. The monoisotopic (exact) mass is 468 g/mol. The van der Waals surface area contributed by atoms with Gasteiger partial charge in [-0.1, -0.05) is 6.92 Å². The van der Waals surface area contributed by atoms with E-state index in [2.05, 4.69) is 34.8 Å². The van der Waals surface area contributed by atoms with Gasteiger partial charge in [0.05, 0.1) is 10.2 Å². The number of thiazole rings is 1. The Balaban J connectivity index is 0.00000256. The molecule has 1 atom stereocenters. The van der Waals surface area contributed by atoms with Crippen molar-refractivity contribution in [3.8, 4) is 10.6 Å². The molecule has 9 heteroatoms. The number of thiophene rings is 1. The number of benzene rings is 1. The first kappa shape index (κ1) is 23.1. The number of carbonyl (C=O) groups is 1. The van der Waals surface area contributed by atoms with Crippen molar-refractivity contribution in [3.63, 3.8) is 0 Å². The van der Waals surface area contributed by atoms with E-state index < -0.39 is 0 Å². The van der Waals surface area contributed by atoms with Crippen LogP contribution in [0.2, 0.25) is 0 Å². The fourth-order valence-corrected chi connectivity index (χ4v) is 5.75. The molecule has 0 bridgehead atoms. The Hall–Kier alpha value is -1.58. The minimum atomic E-state index is -0.284. The Morgan fingerprint density at radius 2 is 2.20 bits per heavy atom. The van der Waals surface area contributed by atoms with E-state index >= 15 is 0 Å². The molecule has 0 aliphatic carbocycles. The third-order valence-corrected chi connectivity index (χ3v) is 7.40. The average Bonchev–Trinajstić information content (AvgIpc) is 3.27. The van der Waals surface area contributed by atoms with Crippen molar-refractivity contribution in [3.05, 3.63) is 34.5 Å². The Morgan fingerprint density at radius 1 is 1.37 bits per heavy atom. The molecular formula is C21H26ClFN4OS2. The Bertz CT molecular complexity index is 1040. The number of aromatic nitrogens is 1. The summed E-state index contributed by atoms with van der Waals surface area (Å²) in [6, 6.07) is 5.10. The third-order valence-electron chi connectivity index (χ3n) is 5.20. The lowest BCUT2D eigenvalue weighted by atomic mass is 10.0. The molecule has 0 radical (unpaired) electrons. The first-order valence-electron chi connectivity index (χ1n) is 10.00. The second kappa shape index (κ2) is 10.2. The predicted octanol–water partition coefficient (Wildman–Crippen LogP) is 4.95. The summed E-state index contributed by atoms with van der Waals surface area (Å²) < 4.78 is 14.6. The average molecular weight is 469 g/mol. The topological polar surface area (TPSA) is 66.0 Å². The van der Waals surface area contributed by atoms with Gasteiger partial charge in [-0.25, -0.2) is 9.37 Å². The van der Waals surface area contributed by atoms with Crippen molar-refractivity contribution in [2.45, 2.75) is 45.7 Å². The maximum absolute atomic E-state index is 13.6. The van der Waals surface area contributed by atoms with E-state index in [4.69, 9.17) is 0 Å². The number of hydrogen-bond donors (Lipinski definition) is 3. The largest absolute Gasteiger partial charge is 0.317 e. The smallest absolute Gasteiger partial charge is 0.226 e. The summed E-state index contributed by atoms with van der Waals surface area (Å²) in [5, 5.41) is 11.6. The van der Waals surface area contributed by atoms with Gasteiger partial charge in [-0.3, -0.25) is 4.79 Å². The summed E-state index contributed by atoms with van der Waals surface area (Å²) in [5.41, 5.74) is 2.92. The summed E-state index contributed by atoms with van der Waals surface area (Å²) >= 11 is 3.17. The Morgan fingerprint density at radius 3 is 3.00 bits per heavy atom. The highest BCUT2D eigenvalue weighted by molar-refractivity contribution is 7.22. The van der Waals surface area contributed by atoms with Crippen LogP contribution < -0.4 is 16.0 Å². The first-order chi connectivity index (χ1) is 14.0. The van der Waals surface area contributed by atoms with E-state index in [0.717, 1.165) is 46.2 Å². The first-order valence-corrected chi connectivity index (χ1v) is 11.6. The molecule has 3 N–H and O–H groups in total. The summed E-state index contributed by atoms with van der Waals surface area (Å²) in [5.74, 6) is -0.283. The summed E-state index contributed by atoms with van der Waals surface area (Å²) in [6.07, 6.45) is 2.36. The molecule has 3 aromatic rings. The number of hydrogen-bond acceptors (Lipinski definition) is 6. The molecule has 0 saturated carbocycles. The van der Waals surface area contributed by atoms with Crippen LogP contribution in [0.3, 0.4) is 0 Å². The Labute approximate surface area is 189 Å². The van der Waals surface area contributed by atoms with Gasteiger partial charge in [0.25, 0.3) is 0 Å². The van der Waals surface area contributed by atoms with Gasteiger partial charge in [0.15, 0.2) is 0 Å². The quantitative estimate of drug-likeness (QED) is 0.459. The van der Waals surface area contributed by atoms with Gasteiger partial charge in [0.2, 0.25) is 5.91 Å². The molecule has 1 aliphatic heterocycles. The number of anilines is 1. The summed E-state index contributed by atoms with van der Waals surface area (Å²) in [7, 11) is 0. The fraction of sp³-hybridized carbons (Fsp3) is 0.429. The van der Waals surface area contributed by atoms with Crippen LogP contribution in [0.4, 0.5) is 9.39 Å². The van der Waals surface area contributed by atoms with E-state index in [0.29, 0.717) is 24.5 Å². The van der Waals surface area contributed by atoms with Crippen LogP contribution in [0.1, 0.15) is 37.1 Å². The van der Waals surface area contributed by atoms with E-state index in [1.165, 1.54) is 22.6 Å². The number of rotatable bonds is 7. The maximum atomic E-state index is 13.6. The van der Waals surface area contributed by atoms with Gasteiger partial charge < -0.3 is 16.0 Å². The molecule has 1 aromatic carbocycles. The second-order valence-electron chi connectivity index (χ2n) is 7.33. The van der Waals surface area contributed by atoms with Crippen LogP contribution in [0.5, 0.6) is 0 Å². The predicted molar refractivity (Wildman–Crippen MR) is 127 cm³/mol. The molecule has 3 heterocycles. The zero-order valence-corrected chi connectivity index (χ0v) is 19.5. The van der Waals surface area contributed by atoms with Crippen LogP contribution in [0.15, 0.2) is 18.2 Å². The summed E-state index contributed by atoms with van der Waals surface area (Å²) in [4.78, 5) is 18.5. The van der Waals surface area contributed by atoms with Gasteiger partial charge in [-0.2, -0.15) is 0 Å². The number of nitrogens with zero attached hydrogens (tertiary/aromatic N) is 1. The SMILES string of the molecule is CC[C@H](C)NCCC(=O)Nc1sc2c(c1-c1nc3cc(F)ccc3s1)CCNC2.Cl. The van der Waals surface area contributed by atoms with Crippen LogP contribution in [-0.4, -0.2) is 30.0 Å². The van der Waals surface area contributed by atoms with E-state index in [1.807, 2.05) is 0 Å². The Kier molecular flexibility index (Phi) is 7.81. The van der Waals surface area contributed by atoms with Crippen molar-refractivity contribution in [2.24, 2.45) is 0 Å². The number of fused-ring (bicyclic) bond motifs is 2. The molecule has 2 aromatic heterocycles. The molecule has 0 saturated heterocycles. The van der Waals surface area contributed by atoms with Gasteiger partial charge in [0.1, 0.15) is 15.8 Å². The lowest BCUT2D eigenvalue weighted by molar-refractivity contribution is -0.116. The van der Waals surface area contributed by atoms with E-state index in [1.54, 1.807) is 28.7 Å². The lowest BCUT2D eigenvalue weighted by Gasteiger charge is -2.13. The third kappa shape index (κ3) is 5.00. The minimum Gasteiger partial charge on any atom is -0.317 e. The van der Waals surface area contributed by atoms with Crippen LogP contribution in [0.25, 0.3) is 20.8 Å². The number of halogens is 2. The zero-order valence-electron chi connectivity index (χ0n) is 17.0. The van der Waals surface area contributed by atoms with Gasteiger partial charge >= 0.3 is 0 Å². The molecular weight excluding hydrogens is 443 g/mol. The van der Waals surface area contributed by atoms with Gasteiger partial charge in [-0.15, -0.1) is 35.1 Å². The molecule has 162 valence electrons. The molecule has 0 spiro atoms. The second-order valence-corrected chi connectivity index (χ2v) is 9.46. The number of amides is 1. The molecule has 5 nitrogen and oxygen atoms in total. The van der Waals surface area contributed by atoms with Crippen LogP contribution in [0, 0.1) is 5.82 Å². The highest BCUT2D eigenvalue weighted by Gasteiger charge is 2.25. The highest BCUT2D eigenvalue weighted by atomic mass is 35.5. The molecule has 0 fully saturated rings. The van der Waals surface area contributed by atoms with Crippen molar-refractivity contribution < 1.29 is 9.18 Å². The van der Waals surface area contributed by atoms with E-state index in [9.17, 15) is 9.18 Å². The highest BCUT2D eigenvalue weighted by Crippen LogP contribution is 2.44. The lowest BCUT2D eigenvalue weighted by Crippen LogP contribution is -2.28. The molecule has 1 aliphatic rings. The van der Waals surface area contributed by atoms with Gasteiger partial charge in [-0.05, 0) is 44.0 Å². The normalized spacial score (nSPS) is 14.2. The van der Waals surface area contributed by atoms with Crippen LogP contribution in [-0.2, 0) is 17.8 Å². The molecule has 0 unspecified atom stereocenters. The van der Waals surface area contributed by atoms with Crippen LogP contribution >= 0.6 is 35.1 Å². The van der Waals surface area contributed by atoms with E-state index in [-0.39, 0.29) is 24.1 Å². The molecule has 30 heavy (non-hydrogen) atoms. The standard InChI is InChI=1S/C21H25FN4OS2.ClH/c1-3-12(2)24-9-7-18(27)26-21-19(14-6-8-23-11-17(14)29-21)20-25-15-10-13(22)4-5-16(15)28-20;/h4-5,10,12,23-24H,3,6-9,11H2,1-2H3,(H,26,27);1H/t12-;/m0./s1. The maximum Gasteiger partial charge on any atom is 0.226 e. The van der Waals surface area contributed by atoms with Crippen molar-refractivity contribution >= 4 is 56.2 Å². The molecule has 1 amide bonds. The van der Waals surface area contributed by atoms with Gasteiger partial charge in [0, 0.05) is 42.1 Å². The minimum absolute atomic E-state index is 0. The van der Waals surface area contributed by atoms with Crippen molar-refractivity contribution in [1.29, 1.82) is 0 Å².